The lowest BCUT2D eigenvalue weighted by Gasteiger charge is -2.08. The highest BCUT2D eigenvalue weighted by Gasteiger charge is 2.12. The van der Waals surface area contributed by atoms with Crippen molar-refractivity contribution >= 4 is 23.5 Å². The van der Waals surface area contributed by atoms with Gasteiger partial charge in [0.15, 0.2) is 0 Å². The number of rotatable bonds is 5. The van der Waals surface area contributed by atoms with Crippen LogP contribution in [-0.2, 0) is 4.79 Å². The number of anilines is 1. The first-order valence-electron chi connectivity index (χ1n) is 7.09. The fourth-order valence-electron chi connectivity index (χ4n) is 1.87. The van der Waals surface area contributed by atoms with Crippen LogP contribution in [0, 0.1) is 0 Å². The lowest BCUT2D eigenvalue weighted by Crippen LogP contribution is -2.12. The van der Waals surface area contributed by atoms with E-state index in [1.165, 1.54) is 36.4 Å². The van der Waals surface area contributed by atoms with Crippen molar-refractivity contribution < 1.29 is 29.3 Å². The molecule has 2 aromatic carbocycles. The molecule has 0 aliphatic rings. The van der Waals surface area contributed by atoms with Gasteiger partial charge in [-0.05, 0) is 42.5 Å². The van der Waals surface area contributed by atoms with Crippen molar-refractivity contribution in [2.75, 3.05) is 5.32 Å². The van der Waals surface area contributed by atoms with Crippen molar-refractivity contribution in [2.45, 2.75) is 13.3 Å². The second kappa shape index (κ2) is 7.28. The van der Waals surface area contributed by atoms with Crippen LogP contribution in [0.2, 0.25) is 0 Å². The molecule has 0 bridgehead atoms. The van der Waals surface area contributed by atoms with Crippen LogP contribution >= 0.6 is 0 Å². The Balaban J connectivity index is 2.11. The third kappa shape index (κ3) is 4.10. The molecule has 0 atom stereocenters. The van der Waals surface area contributed by atoms with Crippen LogP contribution in [0.4, 0.5) is 5.69 Å². The lowest BCUT2D eigenvalue weighted by molar-refractivity contribution is -0.134. The zero-order valence-electron chi connectivity index (χ0n) is 12.8. The van der Waals surface area contributed by atoms with Gasteiger partial charge in [0.05, 0.1) is 0 Å². The molecule has 0 fully saturated rings. The van der Waals surface area contributed by atoms with Crippen LogP contribution in [0.3, 0.4) is 0 Å². The zero-order valence-corrected chi connectivity index (χ0v) is 12.8. The molecule has 0 heterocycles. The van der Waals surface area contributed by atoms with E-state index in [2.05, 4.69) is 5.32 Å². The fraction of sp³-hybridized carbons (Fsp3) is 0.118. The summed E-state index contributed by atoms with van der Waals surface area (Å²) in [5.74, 6) is -2.20. The topological polar surface area (TPSA) is 113 Å². The Morgan fingerprint density at radius 1 is 1.08 bits per heavy atom. The zero-order chi connectivity index (χ0) is 17.7. The van der Waals surface area contributed by atoms with E-state index in [0.717, 1.165) is 6.07 Å². The maximum absolute atomic E-state index is 12.1. The number of carboxylic acid groups (broad SMARTS) is 1. The van der Waals surface area contributed by atoms with E-state index >= 15 is 0 Å². The summed E-state index contributed by atoms with van der Waals surface area (Å²) in [7, 11) is 0. The van der Waals surface area contributed by atoms with Crippen molar-refractivity contribution in [1.29, 1.82) is 0 Å². The number of hydrogen-bond acceptors (Lipinski definition) is 5. The molecule has 7 nitrogen and oxygen atoms in total. The minimum absolute atomic E-state index is 0.233. The number of nitrogens with one attached hydrogen (secondary N) is 1. The molecule has 2 aromatic rings. The van der Waals surface area contributed by atoms with Gasteiger partial charge in [0.25, 0.3) is 5.91 Å². The number of esters is 1. The number of hydrogen-bond donors (Lipinski definition) is 3. The second-order valence-electron chi connectivity index (χ2n) is 4.84. The van der Waals surface area contributed by atoms with Crippen molar-refractivity contribution in [3.05, 3.63) is 53.6 Å². The van der Waals surface area contributed by atoms with Gasteiger partial charge in [-0.15, -0.1) is 0 Å². The van der Waals surface area contributed by atoms with Crippen LogP contribution < -0.4 is 10.1 Å². The van der Waals surface area contributed by atoms with Crippen molar-refractivity contribution in [2.24, 2.45) is 0 Å². The number of amides is 1. The first kappa shape index (κ1) is 17.0. The molecular weight excluding hydrogens is 314 g/mol. The van der Waals surface area contributed by atoms with Gasteiger partial charge < -0.3 is 20.3 Å². The van der Waals surface area contributed by atoms with E-state index in [0.29, 0.717) is 11.3 Å². The molecule has 0 unspecified atom stereocenters. The highest BCUT2D eigenvalue weighted by molar-refractivity contribution is 6.05. The molecule has 0 aliphatic carbocycles. The molecule has 0 aromatic heterocycles. The summed E-state index contributed by atoms with van der Waals surface area (Å²) >= 11 is 0. The van der Waals surface area contributed by atoms with Gasteiger partial charge in [0, 0.05) is 17.7 Å². The molecule has 0 aliphatic heterocycles. The summed E-state index contributed by atoms with van der Waals surface area (Å²) in [6.07, 6.45) is 0.245. The molecule has 3 N–H and O–H groups in total. The number of carbonyl (C=O) groups excluding carboxylic acids is 2. The lowest BCUT2D eigenvalue weighted by atomic mass is 10.1. The van der Waals surface area contributed by atoms with Crippen LogP contribution in [0.15, 0.2) is 42.5 Å². The predicted octanol–water partition coefficient (Wildman–Crippen LogP) is 2.66. The number of carboxylic acids is 1. The number of ether oxygens (including phenoxy) is 1. The largest absolute Gasteiger partial charge is 0.507 e. The maximum atomic E-state index is 12.1. The highest BCUT2D eigenvalue weighted by Crippen LogP contribution is 2.22. The Morgan fingerprint density at radius 3 is 2.33 bits per heavy atom. The Morgan fingerprint density at radius 2 is 1.75 bits per heavy atom. The van der Waals surface area contributed by atoms with Crippen LogP contribution in [0.25, 0.3) is 0 Å². The van der Waals surface area contributed by atoms with Gasteiger partial charge >= 0.3 is 11.9 Å². The number of aromatic carboxylic acids is 1. The van der Waals surface area contributed by atoms with E-state index in [9.17, 15) is 19.5 Å². The first-order chi connectivity index (χ1) is 11.4. The van der Waals surface area contributed by atoms with E-state index in [-0.39, 0.29) is 29.4 Å². The summed E-state index contributed by atoms with van der Waals surface area (Å²) in [6, 6.07) is 9.67. The summed E-state index contributed by atoms with van der Waals surface area (Å²) in [4.78, 5) is 34.3. The summed E-state index contributed by atoms with van der Waals surface area (Å²) in [5.41, 5.74) is 0.225. The molecule has 0 saturated carbocycles. The van der Waals surface area contributed by atoms with Gasteiger partial charge in [-0.2, -0.15) is 0 Å². The van der Waals surface area contributed by atoms with E-state index in [4.69, 9.17) is 9.84 Å². The van der Waals surface area contributed by atoms with Crippen molar-refractivity contribution in [3.63, 3.8) is 0 Å². The fourth-order valence-corrected chi connectivity index (χ4v) is 1.87. The van der Waals surface area contributed by atoms with E-state index in [1.807, 2.05) is 0 Å². The SMILES string of the molecule is CCC(=O)Oc1ccc(C(=O)Nc2ccc(O)c(C(=O)O)c2)cc1. The maximum Gasteiger partial charge on any atom is 0.339 e. The van der Waals surface area contributed by atoms with Crippen LogP contribution in [0.1, 0.15) is 34.1 Å². The van der Waals surface area contributed by atoms with Crippen LogP contribution in [-0.4, -0.2) is 28.1 Å². The molecule has 1 amide bonds. The van der Waals surface area contributed by atoms with E-state index in [1.54, 1.807) is 6.92 Å². The van der Waals surface area contributed by atoms with Crippen molar-refractivity contribution in [3.8, 4) is 11.5 Å². The molecule has 0 radical (unpaired) electrons. The average Bonchev–Trinajstić information content (AvgIpc) is 2.56. The summed E-state index contributed by atoms with van der Waals surface area (Å²) in [5, 5.41) is 20.9. The molecule has 7 heteroatoms. The number of phenols is 1. The van der Waals surface area contributed by atoms with Gasteiger partial charge in [-0.1, -0.05) is 6.92 Å². The quantitative estimate of drug-likeness (QED) is 0.441. The smallest absolute Gasteiger partial charge is 0.339 e. The van der Waals surface area contributed by atoms with Crippen LogP contribution in [0.5, 0.6) is 11.5 Å². The standard InChI is InChI=1S/C17H15NO6/c1-2-15(20)24-12-6-3-10(4-7-12)16(21)18-11-5-8-14(19)13(9-11)17(22)23/h3-9,19H,2H2,1H3,(H,18,21)(H,22,23). The minimum Gasteiger partial charge on any atom is -0.507 e. The number of carbonyl (C=O) groups is 3. The molecule has 2 rings (SSSR count). The normalized spacial score (nSPS) is 10.0. The third-order valence-electron chi connectivity index (χ3n) is 3.12. The Hall–Kier alpha value is -3.35. The third-order valence-corrected chi connectivity index (χ3v) is 3.12. The Labute approximate surface area is 137 Å². The highest BCUT2D eigenvalue weighted by atomic mass is 16.5. The first-order valence-corrected chi connectivity index (χ1v) is 7.09. The van der Waals surface area contributed by atoms with Gasteiger partial charge in [0.1, 0.15) is 17.1 Å². The minimum atomic E-state index is -1.30. The Kier molecular flexibility index (Phi) is 5.16. The van der Waals surface area contributed by atoms with Gasteiger partial charge in [-0.25, -0.2) is 4.79 Å². The van der Waals surface area contributed by atoms with Gasteiger partial charge in [-0.3, -0.25) is 9.59 Å². The van der Waals surface area contributed by atoms with Crippen molar-refractivity contribution in [1.82, 2.24) is 0 Å². The van der Waals surface area contributed by atoms with Gasteiger partial charge in [0.2, 0.25) is 0 Å². The molecule has 0 spiro atoms. The molecule has 0 saturated heterocycles. The summed E-state index contributed by atoms with van der Waals surface area (Å²) < 4.78 is 5.01. The molecule has 124 valence electrons. The predicted molar refractivity (Wildman–Crippen MR) is 85.4 cm³/mol. The monoisotopic (exact) mass is 329 g/mol. The second-order valence-corrected chi connectivity index (χ2v) is 4.84. The summed E-state index contributed by atoms with van der Waals surface area (Å²) in [6.45, 7) is 1.67. The Bertz CT molecular complexity index is 782. The van der Waals surface area contributed by atoms with E-state index < -0.39 is 11.9 Å². The number of aromatic hydroxyl groups is 1. The molecule has 24 heavy (non-hydrogen) atoms. The number of benzene rings is 2. The average molecular weight is 329 g/mol. The molecular formula is C17H15NO6.